The van der Waals surface area contributed by atoms with E-state index in [1.807, 2.05) is 19.1 Å². The fraction of sp³-hybridized carbons (Fsp3) is 0.304. The minimum atomic E-state index is -0.704. The van der Waals surface area contributed by atoms with Gasteiger partial charge in [-0.1, -0.05) is 13.0 Å². The Hall–Kier alpha value is -2.52. The molecule has 2 aromatic rings. The smallest absolute Gasteiger partial charge is 0.233 e. The highest BCUT2D eigenvalue weighted by molar-refractivity contribution is 9.11. The molecule has 7 nitrogen and oxygen atoms in total. The number of nitrogens with two attached hydrogens (primary N) is 1. The van der Waals surface area contributed by atoms with E-state index >= 15 is 0 Å². The first kappa shape index (κ1) is 24.1. The van der Waals surface area contributed by atoms with Crippen LogP contribution in [0.2, 0.25) is 0 Å². The fourth-order valence-electron chi connectivity index (χ4n) is 3.76. The van der Waals surface area contributed by atoms with Crippen LogP contribution in [0.4, 0.5) is 11.4 Å². The van der Waals surface area contributed by atoms with E-state index in [9.17, 15) is 19.2 Å². The molecule has 1 atom stereocenters. The summed E-state index contributed by atoms with van der Waals surface area (Å²) in [5, 5.41) is 5.18. The van der Waals surface area contributed by atoms with Gasteiger partial charge >= 0.3 is 0 Å². The number of benzene rings is 2. The Balaban J connectivity index is 1.59. The molecular weight excluding hydrogens is 542 g/mol. The molecule has 0 saturated heterocycles. The van der Waals surface area contributed by atoms with Gasteiger partial charge in [0.2, 0.25) is 17.7 Å². The second-order valence-electron chi connectivity index (χ2n) is 8.23. The van der Waals surface area contributed by atoms with Gasteiger partial charge in [0, 0.05) is 40.0 Å². The van der Waals surface area contributed by atoms with Crippen LogP contribution in [0.3, 0.4) is 0 Å². The molecule has 32 heavy (non-hydrogen) atoms. The number of anilines is 2. The summed E-state index contributed by atoms with van der Waals surface area (Å²) in [7, 11) is 0. The van der Waals surface area contributed by atoms with E-state index in [4.69, 9.17) is 5.73 Å². The standard InChI is InChI=1S/C23H23Br2N3O4/c1-12(29)27-22(32)23(2)10-13-3-4-16(7-15(13)11-23)28-20(31)6-5-19(30)14-8-17(24)21(26)18(25)9-14/h3-4,7-9H,5-6,10-11,26H2,1-2H3,(H,28,31)(H,27,29,32). The number of hydrogen-bond acceptors (Lipinski definition) is 5. The minimum Gasteiger partial charge on any atom is -0.397 e. The molecule has 9 heteroatoms. The maximum Gasteiger partial charge on any atom is 0.233 e. The summed E-state index contributed by atoms with van der Waals surface area (Å²) in [6.07, 6.45) is 1.10. The number of fused-ring (bicyclic) bond motifs is 1. The van der Waals surface area contributed by atoms with E-state index in [1.165, 1.54) is 6.92 Å². The van der Waals surface area contributed by atoms with Crippen molar-refractivity contribution in [3.05, 3.63) is 56.0 Å². The van der Waals surface area contributed by atoms with Crippen molar-refractivity contribution in [2.45, 2.75) is 39.5 Å². The molecule has 1 aliphatic rings. The predicted molar refractivity (Wildman–Crippen MR) is 129 cm³/mol. The first-order chi connectivity index (χ1) is 15.0. The Morgan fingerprint density at radius 3 is 2.25 bits per heavy atom. The highest BCUT2D eigenvalue weighted by Gasteiger charge is 2.40. The molecule has 0 aliphatic heterocycles. The zero-order valence-corrected chi connectivity index (χ0v) is 20.9. The maximum absolute atomic E-state index is 12.5. The van der Waals surface area contributed by atoms with Crippen molar-refractivity contribution in [2.24, 2.45) is 5.41 Å². The number of carbonyl (C=O) groups is 4. The van der Waals surface area contributed by atoms with Gasteiger partial charge in [-0.05, 0) is 80.1 Å². The van der Waals surface area contributed by atoms with Crippen molar-refractivity contribution in [3.8, 4) is 0 Å². The van der Waals surface area contributed by atoms with E-state index in [2.05, 4.69) is 42.5 Å². The van der Waals surface area contributed by atoms with Gasteiger partial charge in [0.25, 0.3) is 0 Å². The molecule has 4 N–H and O–H groups in total. The average Bonchev–Trinajstić information content (AvgIpc) is 3.06. The van der Waals surface area contributed by atoms with Crippen LogP contribution in [0.25, 0.3) is 0 Å². The SMILES string of the molecule is CC(=O)NC(=O)C1(C)Cc2ccc(NC(=O)CCC(=O)c3cc(Br)c(N)c(Br)c3)cc2C1. The predicted octanol–water partition coefficient (Wildman–Crippen LogP) is 4.16. The Kier molecular flexibility index (Phi) is 7.19. The largest absolute Gasteiger partial charge is 0.397 e. The summed E-state index contributed by atoms with van der Waals surface area (Å²) in [5.41, 5.74) is 8.69. The van der Waals surface area contributed by atoms with Gasteiger partial charge < -0.3 is 11.1 Å². The molecule has 1 aliphatic carbocycles. The van der Waals surface area contributed by atoms with Gasteiger partial charge in [-0.25, -0.2) is 0 Å². The molecule has 0 aromatic heterocycles. The van der Waals surface area contributed by atoms with Gasteiger partial charge in [-0.3, -0.25) is 24.5 Å². The molecule has 3 rings (SSSR count). The molecule has 0 spiro atoms. The van der Waals surface area contributed by atoms with E-state index in [-0.39, 0.29) is 36.3 Å². The second kappa shape index (κ2) is 9.54. The van der Waals surface area contributed by atoms with Crippen LogP contribution in [0, 0.1) is 5.41 Å². The first-order valence-corrected chi connectivity index (χ1v) is 11.6. The van der Waals surface area contributed by atoms with Crippen molar-refractivity contribution < 1.29 is 19.2 Å². The first-order valence-electron chi connectivity index (χ1n) is 10.00. The van der Waals surface area contributed by atoms with Crippen LogP contribution < -0.4 is 16.4 Å². The van der Waals surface area contributed by atoms with Crippen molar-refractivity contribution in [2.75, 3.05) is 11.1 Å². The molecule has 3 amide bonds. The Labute approximate surface area is 202 Å². The van der Waals surface area contributed by atoms with Crippen LogP contribution in [0.15, 0.2) is 39.3 Å². The van der Waals surface area contributed by atoms with Gasteiger partial charge in [0.05, 0.1) is 11.1 Å². The quantitative estimate of drug-likeness (QED) is 0.359. The summed E-state index contributed by atoms with van der Waals surface area (Å²) in [6.45, 7) is 3.13. The lowest BCUT2D eigenvalue weighted by molar-refractivity contribution is -0.135. The Bertz CT molecular complexity index is 1110. The molecule has 0 fully saturated rings. The van der Waals surface area contributed by atoms with E-state index in [1.54, 1.807) is 18.2 Å². The van der Waals surface area contributed by atoms with Crippen LogP contribution >= 0.6 is 31.9 Å². The fourth-order valence-corrected chi connectivity index (χ4v) is 4.94. The minimum absolute atomic E-state index is 0.0360. The van der Waals surface area contributed by atoms with E-state index in [0.717, 1.165) is 11.1 Å². The summed E-state index contributed by atoms with van der Waals surface area (Å²) in [4.78, 5) is 48.5. The lowest BCUT2D eigenvalue weighted by Gasteiger charge is -2.21. The molecule has 1 unspecified atom stereocenters. The topological polar surface area (TPSA) is 118 Å². The number of nitrogen functional groups attached to an aromatic ring is 1. The molecule has 168 valence electrons. The highest BCUT2D eigenvalue weighted by Crippen LogP contribution is 2.38. The number of Topliss-reactive ketones (excluding diaryl/α,β-unsaturated/α-hetero) is 1. The number of imide groups is 1. The number of nitrogens with one attached hydrogen (secondary N) is 2. The summed E-state index contributed by atoms with van der Waals surface area (Å²) < 4.78 is 1.23. The Morgan fingerprint density at radius 1 is 1.00 bits per heavy atom. The van der Waals surface area contributed by atoms with Crippen molar-refractivity contribution >= 4 is 66.7 Å². The maximum atomic E-state index is 12.5. The number of carbonyl (C=O) groups excluding carboxylic acids is 4. The summed E-state index contributed by atoms with van der Waals surface area (Å²) >= 11 is 6.63. The summed E-state index contributed by atoms with van der Waals surface area (Å²) in [6, 6.07) is 8.78. The van der Waals surface area contributed by atoms with E-state index < -0.39 is 5.41 Å². The lowest BCUT2D eigenvalue weighted by Crippen LogP contribution is -2.41. The van der Waals surface area contributed by atoms with Gasteiger partial charge in [0.1, 0.15) is 0 Å². The van der Waals surface area contributed by atoms with Gasteiger partial charge in [-0.15, -0.1) is 0 Å². The number of hydrogen-bond donors (Lipinski definition) is 3. The molecule has 2 aromatic carbocycles. The van der Waals surface area contributed by atoms with Crippen LogP contribution in [-0.4, -0.2) is 23.5 Å². The normalized spacial score (nSPS) is 16.9. The van der Waals surface area contributed by atoms with Crippen LogP contribution in [-0.2, 0) is 27.2 Å². The van der Waals surface area contributed by atoms with Gasteiger partial charge in [0.15, 0.2) is 5.78 Å². The monoisotopic (exact) mass is 563 g/mol. The van der Waals surface area contributed by atoms with Crippen molar-refractivity contribution in [3.63, 3.8) is 0 Å². The Morgan fingerprint density at radius 2 is 1.62 bits per heavy atom. The zero-order valence-electron chi connectivity index (χ0n) is 17.7. The zero-order chi connectivity index (χ0) is 23.6. The molecule has 0 radical (unpaired) electrons. The van der Waals surface area contributed by atoms with Crippen LogP contribution in [0.1, 0.15) is 48.2 Å². The highest BCUT2D eigenvalue weighted by atomic mass is 79.9. The third-order valence-electron chi connectivity index (χ3n) is 5.47. The van der Waals surface area contributed by atoms with Crippen molar-refractivity contribution in [1.82, 2.24) is 5.32 Å². The van der Waals surface area contributed by atoms with E-state index in [0.29, 0.717) is 38.7 Å². The van der Waals surface area contributed by atoms with Crippen molar-refractivity contribution in [1.29, 1.82) is 0 Å². The molecule has 0 saturated carbocycles. The number of ketones is 1. The van der Waals surface area contributed by atoms with Crippen LogP contribution in [0.5, 0.6) is 0 Å². The number of amides is 3. The number of rotatable bonds is 6. The van der Waals surface area contributed by atoms with Gasteiger partial charge in [-0.2, -0.15) is 0 Å². The number of halogens is 2. The molecule has 0 heterocycles. The third-order valence-corrected chi connectivity index (χ3v) is 6.78. The third kappa shape index (κ3) is 5.45. The average molecular weight is 565 g/mol. The second-order valence-corrected chi connectivity index (χ2v) is 9.94. The lowest BCUT2D eigenvalue weighted by atomic mass is 9.86. The molecule has 0 bridgehead atoms. The summed E-state index contributed by atoms with van der Waals surface area (Å²) in [5.74, 6) is -1.12. The molecular formula is C23H23Br2N3O4.